The highest BCUT2D eigenvalue weighted by molar-refractivity contribution is 7.13. The maximum Gasteiger partial charge on any atom is 0.299 e. The smallest absolute Gasteiger partial charge is 0.299 e. The van der Waals surface area contributed by atoms with Crippen molar-refractivity contribution in [2.75, 3.05) is 0 Å². The fourth-order valence-corrected chi connectivity index (χ4v) is 2.41. The average Bonchev–Trinajstić information content (AvgIpc) is 2.98. The van der Waals surface area contributed by atoms with Crippen LogP contribution in [0.2, 0.25) is 0 Å². The van der Waals surface area contributed by atoms with Crippen LogP contribution in [0.5, 0.6) is 22.4 Å². The summed E-state index contributed by atoms with van der Waals surface area (Å²) in [6.45, 7) is 0. The summed E-state index contributed by atoms with van der Waals surface area (Å²) in [5.41, 5.74) is 0. The number of halogens is 1. The zero-order chi connectivity index (χ0) is 14.5. The van der Waals surface area contributed by atoms with E-state index in [9.17, 15) is 0 Å². The molecule has 0 aliphatic carbocycles. The Hall–Kier alpha value is -2.11. The van der Waals surface area contributed by atoms with Crippen LogP contribution in [0.15, 0.2) is 54.6 Å². The van der Waals surface area contributed by atoms with Gasteiger partial charge in [-0.3, -0.25) is 0 Å². The van der Waals surface area contributed by atoms with Crippen LogP contribution in [0, 0.1) is 0 Å². The Morgan fingerprint density at radius 3 is 2.05 bits per heavy atom. The van der Waals surface area contributed by atoms with E-state index in [-0.39, 0.29) is 0 Å². The van der Waals surface area contributed by atoms with E-state index in [0.29, 0.717) is 16.8 Å². The maximum atomic E-state index is 5.71. The molecule has 21 heavy (non-hydrogen) atoms. The Morgan fingerprint density at radius 2 is 1.43 bits per heavy atom. The summed E-state index contributed by atoms with van der Waals surface area (Å²) < 4.78 is 11.3. The largest absolute Gasteiger partial charge is 0.457 e. The van der Waals surface area contributed by atoms with Crippen LogP contribution in [-0.4, -0.2) is 10.2 Å². The maximum absolute atomic E-state index is 5.71. The van der Waals surface area contributed by atoms with Crippen molar-refractivity contribution < 1.29 is 9.47 Å². The molecule has 3 aromatic rings. The van der Waals surface area contributed by atoms with E-state index in [2.05, 4.69) is 10.2 Å². The standard InChI is InChI=1S/C15H11ClN2O2S/c16-10-14-17-18-15(21-14)20-13-8-6-12(7-9-13)19-11-4-2-1-3-5-11/h1-9H,10H2. The molecule has 1 aromatic heterocycles. The third-order valence-electron chi connectivity index (χ3n) is 2.57. The van der Waals surface area contributed by atoms with Crippen LogP contribution in [-0.2, 0) is 5.88 Å². The number of hydrogen-bond donors (Lipinski definition) is 0. The van der Waals surface area contributed by atoms with Gasteiger partial charge in [0.05, 0.1) is 5.88 Å². The lowest BCUT2D eigenvalue weighted by Gasteiger charge is -2.06. The van der Waals surface area contributed by atoms with Crippen molar-refractivity contribution in [2.24, 2.45) is 0 Å². The lowest BCUT2D eigenvalue weighted by atomic mass is 10.3. The first-order valence-electron chi connectivity index (χ1n) is 6.22. The van der Waals surface area contributed by atoms with Crippen molar-refractivity contribution in [3.05, 3.63) is 59.6 Å². The number of alkyl halides is 1. The fourth-order valence-electron chi connectivity index (χ4n) is 1.63. The molecular weight excluding hydrogens is 308 g/mol. The Morgan fingerprint density at radius 1 is 0.810 bits per heavy atom. The van der Waals surface area contributed by atoms with Gasteiger partial charge < -0.3 is 9.47 Å². The van der Waals surface area contributed by atoms with Crippen molar-refractivity contribution >= 4 is 22.9 Å². The Balaban J connectivity index is 1.66. The van der Waals surface area contributed by atoms with Crippen LogP contribution < -0.4 is 9.47 Å². The summed E-state index contributed by atoms with van der Waals surface area (Å²) in [5.74, 6) is 2.55. The molecule has 0 atom stereocenters. The Labute approximate surface area is 130 Å². The topological polar surface area (TPSA) is 44.2 Å². The number of aromatic nitrogens is 2. The normalized spacial score (nSPS) is 10.3. The van der Waals surface area contributed by atoms with Gasteiger partial charge in [0.2, 0.25) is 0 Å². The average molecular weight is 319 g/mol. The molecule has 0 amide bonds. The molecule has 0 radical (unpaired) electrons. The summed E-state index contributed by atoms with van der Waals surface area (Å²) in [5, 5.41) is 9.00. The predicted molar refractivity (Wildman–Crippen MR) is 82.5 cm³/mol. The highest BCUT2D eigenvalue weighted by atomic mass is 35.5. The second-order valence-electron chi connectivity index (χ2n) is 4.08. The molecule has 0 saturated heterocycles. The highest BCUT2D eigenvalue weighted by Gasteiger charge is 2.05. The van der Waals surface area contributed by atoms with Gasteiger partial charge in [-0.1, -0.05) is 34.6 Å². The van der Waals surface area contributed by atoms with E-state index in [1.807, 2.05) is 54.6 Å². The molecule has 0 aliphatic heterocycles. The first kappa shape index (κ1) is 13.9. The van der Waals surface area contributed by atoms with Crippen LogP contribution in [0.3, 0.4) is 0 Å². The lowest BCUT2D eigenvalue weighted by molar-refractivity contribution is 0.464. The van der Waals surface area contributed by atoms with E-state index in [4.69, 9.17) is 21.1 Å². The minimum Gasteiger partial charge on any atom is -0.457 e. The van der Waals surface area contributed by atoms with Crippen molar-refractivity contribution in [1.29, 1.82) is 0 Å². The Bertz CT molecular complexity index is 701. The van der Waals surface area contributed by atoms with E-state index in [0.717, 1.165) is 16.5 Å². The number of rotatable bonds is 5. The zero-order valence-electron chi connectivity index (χ0n) is 10.9. The minimum atomic E-state index is 0.338. The predicted octanol–water partition coefficient (Wildman–Crippen LogP) is 4.86. The molecule has 106 valence electrons. The van der Waals surface area contributed by atoms with Gasteiger partial charge >= 0.3 is 0 Å². The van der Waals surface area contributed by atoms with Gasteiger partial charge in [0.1, 0.15) is 22.3 Å². The third kappa shape index (κ3) is 3.71. The molecule has 0 fully saturated rings. The third-order valence-corrected chi connectivity index (χ3v) is 3.78. The number of benzene rings is 2. The van der Waals surface area contributed by atoms with Crippen LogP contribution in [0.25, 0.3) is 0 Å². The first-order chi connectivity index (χ1) is 10.3. The molecular formula is C15H11ClN2O2S. The quantitative estimate of drug-likeness (QED) is 0.630. The van der Waals surface area contributed by atoms with Gasteiger partial charge in [0.15, 0.2) is 0 Å². The van der Waals surface area contributed by atoms with Crippen molar-refractivity contribution in [1.82, 2.24) is 10.2 Å². The summed E-state index contributed by atoms with van der Waals surface area (Å²) in [6.07, 6.45) is 0. The van der Waals surface area contributed by atoms with Gasteiger partial charge in [-0.2, -0.15) is 0 Å². The molecule has 0 aliphatic rings. The molecule has 3 rings (SSSR count). The van der Waals surface area contributed by atoms with E-state index in [1.165, 1.54) is 11.3 Å². The van der Waals surface area contributed by atoms with E-state index in [1.54, 1.807) is 0 Å². The molecule has 6 heteroatoms. The van der Waals surface area contributed by atoms with Crippen molar-refractivity contribution in [3.63, 3.8) is 0 Å². The zero-order valence-corrected chi connectivity index (χ0v) is 12.5. The van der Waals surface area contributed by atoms with Gasteiger partial charge in [-0.05, 0) is 36.4 Å². The lowest BCUT2D eigenvalue weighted by Crippen LogP contribution is -1.85. The molecule has 0 saturated carbocycles. The van der Waals surface area contributed by atoms with Crippen LogP contribution in [0.4, 0.5) is 0 Å². The molecule has 0 N–H and O–H groups in total. The fraction of sp³-hybridized carbons (Fsp3) is 0.0667. The molecule has 0 bridgehead atoms. The summed E-state index contributed by atoms with van der Waals surface area (Å²) in [4.78, 5) is 0. The molecule has 2 aromatic carbocycles. The first-order valence-corrected chi connectivity index (χ1v) is 7.58. The van der Waals surface area contributed by atoms with Gasteiger partial charge in [0, 0.05) is 0 Å². The minimum absolute atomic E-state index is 0.338. The van der Waals surface area contributed by atoms with Crippen molar-refractivity contribution in [2.45, 2.75) is 5.88 Å². The summed E-state index contributed by atoms with van der Waals surface area (Å²) in [6, 6.07) is 16.9. The molecule has 1 heterocycles. The number of para-hydroxylation sites is 1. The second-order valence-corrected chi connectivity index (χ2v) is 5.38. The number of hydrogen-bond acceptors (Lipinski definition) is 5. The molecule has 4 nitrogen and oxygen atoms in total. The van der Waals surface area contributed by atoms with Gasteiger partial charge in [0.25, 0.3) is 5.19 Å². The number of nitrogens with zero attached hydrogens (tertiary/aromatic N) is 2. The van der Waals surface area contributed by atoms with Gasteiger partial charge in [-0.15, -0.1) is 16.7 Å². The van der Waals surface area contributed by atoms with Gasteiger partial charge in [-0.25, -0.2) is 0 Å². The van der Waals surface area contributed by atoms with Crippen LogP contribution >= 0.6 is 22.9 Å². The monoisotopic (exact) mass is 318 g/mol. The number of ether oxygens (including phenoxy) is 2. The van der Waals surface area contributed by atoms with E-state index < -0.39 is 0 Å². The summed E-state index contributed by atoms with van der Waals surface area (Å²) >= 11 is 7.00. The van der Waals surface area contributed by atoms with Crippen LogP contribution in [0.1, 0.15) is 5.01 Å². The SMILES string of the molecule is ClCc1nnc(Oc2ccc(Oc3ccccc3)cc2)s1. The summed E-state index contributed by atoms with van der Waals surface area (Å²) in [7, 11) is 0. The Kier molecular flexibility index (Phi) is 4.33. The van der Waals surface area contributed by atoms with Crippen molar-refractivity contribution in [3.8, 4) is 22.4 Å². The molecule has 0 unspecified atom stereocenters. The highest BCUT2D eigenvalue weighted by Crippen LogP contribution is 2.28. The van der Waals surface area contributed by atoms with E-state index >= 15 is 0 Å². The second kappa shape index (κ2) is 6.56. The molecule has 0 spiro atoms.